The lowest BCUT2D eigenvalue weighted by atomic mass is 10.1. The molecule has 0 aliphatic carbocycles. The zero-order valence-electron chi connectivity index (χ0n) is 17.6. The Kier molecular flexibility index (Phi) is 6.93. The van der Waals surface area contributed by atoms with E-state index in [0.717, 1.165) is 37.6 Å². The first-order chi connectivity index (χ1) is 14.0. The van der Waals surface area contributed by atoms with Gasteiger partial charge in [-0.25, -0.2) is 4.98 Å². The fourth-order valence-electron chi connectivity index (χ4n) is 3.19. The first-order valence-electron chi connectivity index (χ1n) is 9.97. The number of pyridine rings is 1. The van der Waals surface area contributed by atoms with Gasteiger partial charge in [0.15, 0.2) is 11.5 Å². The normalized spacial score (nSPS) is 14.7. The van der Waals surface area contributed by atoms with Crippen molar-refractivity contribution in [2.45, 2.75) is 26.5 Å². The van der Waals surface area contributed by atoms with E-state index in [-0.39, 0.29) is 12.0 Å². The van der Waals surface area contributed by atoms with Crippen LogP contribution in [0.1, 0.15) is 29.8 Å². The van der Waals surface area contributed by atoms with Crippen LogP contribution in [0.4, 0.5) is 5.82 Å². The van der Waals surface area contributed by atoms with Gasteiger partial charge in [-0.2, -0.15) is 0 Å². The fraction of sp³-hybridized carbons (Fsp3) is 0.455. The Morgan fingerprint density at radius 2 is 1.90 bits per heavy atom. The van der Waals surface area contributed by atoms with Gasteiger partial charge in [0, 0.05) is 44.5 Å². The Hall–Kier alpha value is -2.80. The molecule has 1 fully saturated rings. The minimum absolute atomic E-state index is 0.0323. The summed E-state index contributed by atoms with van der Waals surface area (Å²) in [6.07, 6.45) is 1.86. The van der Waals surface area contributed by atoms with Crippen LogP contribution in [0.3, 0.4) is 0 Å². The molecular formula is C22H30N4O3. The summed E-state index contributed by atoms with van der Waals surface area (Å²) in [5, 5.41) is 2.94. The topological polar surface area (TPSA) is 66.9 Å². The number of nitrogens with zero attached hydrogens (tertiary/aromatic N) is 3. The van der Waals surface area contributed by atoms with Gasteiger partial charge in [0.1, 0.15) is 5.82 Å². The number of aromatic nitrogens is 1. The van der Waals surface area contributed by atoms with Gasteiger partial charge >= 0.3 is 0 Å². The quantitative estimate of drug-likeness (QED) is 0.773. The number of piperazine rings is 1. The summed E-state index contributed by atoms with van der Waals surface area (Å²) in [6, 6.07) is 9.24. The zero-order chi connectivity index (χ0) is 20.8. The first kappa shape index (κ1) is 20.9. The van der Waals surface area contributed by atoms with Crippen LogP contribution in [-0.2, 0) is 6.54 Å². The van der Waals surface area contributed by atoms with Gasteiger partial charge in [0.2, 0.25) is 0 Å². The molecule has 1 aromatic carbocycles. The molecule has 0 unspecified atom stereocenters. The van der Waals surface area contributed by atoms with E-state index in [9.17, 15) is 4.79 Å². The number of ether oxygens (including phenoxy) is 2. The lowest BCUT2D eigenvalue weighted by molar-refractivity contribution is 0.0950. The molecule has 2 aromatic rings. The van der Waals surface area contributed by atoms with Crippen LogP contribution in [-0.4, -0.2) is 62.2 Å². The Balaban J connectivity index is 1.57. The highest BCUT2D eigenvalue weighted by atomic mass is 16.5. The van der Waals surface area contributed by atoms with Gasteiger partial charge in [-0.15, -0.1) is 0 Å². The van der Waals surface area contributed by atoms with Gasteiger partial charge in [-0.3, -0.25) is 4.79 Å². The Bertz CT molecular complexity index is 815. The number of likely N-dealkylation sites (N-methyl/N-ethyl adjacent to an activating group) is 1. The number of carbonyl (C=O) groups excluding carboxylic acids is 1. The molecule has 29 heavy (non-hydrogen) atoms. The molecule has 0 spiro atoms. The second-order valence-corrected chi connectivity index (χ2v) is 7.53. The van der Waals surface area contributed by atoms with Crippen LogP contribution in [0.5, 0.6) is 11.5 Å². The van der Waals surface area contributed by atoms with E-state index >= 15 is 0 Å². The minimum Gasteiger partial charge on any atom is -0.493 e. The molecule has 1 amide bonds. The van der Waals surface area contributed by atoms with Crippen molar-refractivity contribution >= 4 is 11.7 Å². The summed E-state index contributed by atoms with van der Waals surface area (Å²) in [5.74, 6) is 1.99. The van der Waals surface area contributed by atoms with Crippen LogP contribution in [0.15, 0.2) is 36.5 Å². The summed E-state index contributed by atoms with van der Waals surface area (Å²) in [6.45, 7) is 8.37. The monoisotopic (exact) mass is 398 g/mol. The van der Waals surface area contributed by atoms with Gasteiger partial charge < -0.3 is 24.6 Å². The molecule has 0 saturated carbocycles. The minimum atomic E-state index is -0.164. The molecule has 7 nitrogen and oxygen atoms in total. The summed E-state index contributed by atoms with van der Waals surface area (Å²) in [5.41, 5.74) is 1.49. The van der Waals surface area contributed by atoms with Crippen molar-refractivity contribution in [1.82, 2.24) is 15.2 Å². The lowest BCUT2D eigenvalue weighted by Gasteiger charge is -2.33. The van der Waals surface area contributed by atoms with Gasteiger partial charge in [-0.05, 0) is 50.7 Å². The molecule has 0 atom stereocenters. The molecule has 3 rings (SSSR count). The van der Waals surface area contributed by atoms with Gasteiger partial charge in [0.05, 0.1) is 13.2 Å². The Morgan fingerprint density at radius 3 is 2.52 bits per heavy atom. The number of methoxy groups -OCH3 is 1. The van der Waals surface area contributed by atoms with E-state index in [0.29, 0.717) is 23.6 Å². The van der Waals surface area contributed by atoms with E-state index in [2.05, 4.69) is 27.1 Å². The highest BCUT2D eigenvalue weighted by Gasteiger charge is 2.15. The van der Waals surface area contributed by atoms with Crippen molar-refractivity contribution in [1.29, 1.82) is 0 Å². The van der Waals surface area contributed by atoms with E-state index in [1.165, 1.54) is 0 Å². The first-order valence-corrected chi connectivity index (χ1v) is 9.97. The van der Waals surface area contributed by atoms with Crippen molar-refractivity contribution in [3.63, 3.8) is 0 Å². The fourth-order valence-corrected chi connectivity index (χ4v) is 3.19. The number of hydrogen-bond donors (Lipinski definition) is 1. The molecule has 0 bridgehead atoms. The van der Waals surface area contributed by atoms with Gasteiger partial charge in [0.25, 0.3) is 5.91 Å². The molecule has 1 saturated heterocycles. The van der Waals surface area contributed by atoms with Crippen LogP contribution >= 0.6 is 0 Å². The van der Waals surface area contributed by atoms with Crippen LogP contribution in [0.2, 0.25) is 0 Å². The summed E-state index contributed by atoms with van der Waals surface area (Å²) in [7, 11) is 3.70. The molecule has 7 heteroatoms. The van der Waals surface area contributed by atoms with Crippen molar-refractivity contribution in [3.05, 3.63) is 47.7 Å². The number of hydrogen-bond acceptors (Lipinski definition) is 6. The maximum Gasteiger partial charge on any atom is 0.251 e. The molecule has 1 aliphatic heterocycles. The third kappa shape index (κ3) is 5.60. The maximum absolute atomic E-state index is 12.5. The second kappa shape index (κ2) is 9.60. The van der Waals surface area contributed by atoms with Crippen molar-refractivity contribution in [2.75, 3.05) is 45.2 Å². The number of carbonyl (C=O) groups is 1. The van der Waals surface area contributed by atoms with Crippen molar-refractivity contribution in [3.8, 4) is 11.5 Å². The van der Waals surface area contributed by atoms with E-state index in [4.69, 9.17) is 9.47 Å². The summed E-state index contributed by atoms with van der Waals surface area (Å²) < 4.78 is 11.1. The summed E-state index contributed by atoms with van der Waals surface area (Å²) in [4.78, 5) is 21.7. The largest absolute Gasteiger partial charge is 0.493 e. The molecular weight excluding hydrogens is 368 g/mol. The predicted molar refractivity (Wildman–Crippen MR) is 114 cm³/mol. The molecule has 0 radical (unpaired) electrons. The molecule has 2 heterocycles. The number of benzene rings is 1. The highest BCUT2D eigenvalue weighted by molar-refractivity contribution is 5.94. The summed E-state index contributed by atoms with van der Waals surface area (Å²) >= 11 is 0. The third-order valence-electron chi connectivity index (χ3n) is 4.88. The number of amides is 1. The van der Waals surface area contributed by atoms with Crippen molar-refractivity contribution < 1.29 is 14.3 Å². The second-order valence-electron chi connectivity index (χ2n) is 7.53. The van der Waals surface area contributed by atoms with Crippen LogP contribution in [0.25, 0.3) is 0 Å². The SMILES string of the molecule is COc1cc(C(=O)NCc2ccc(N3CCN(C)CC3)nc2)ccc1OC(C)C. The average molecular weight is 399 g/mol. The average Bonchev–Trinajstić information content (AvgIpc) is 2.73. The standard InChI is InChI=1S/C22H30N4O3/c1-16(2)29-19-7-6-18(13-20(19)28-4)22(27)24-15-17-5-8-21(23-14-17)26-11-9-25(3)10-12-26/h5-8,13-14,16H,9-12,15H2,1-4H3,(H,24,27). The van der Waals surface area contributed by atoms with E-state index in [1.807, 2.05) is 32.2 Å². The molecule has 1 N–H and O–H groups in total. The zero-order valence-corrected chi connectivity index (χ0v) is 17.6. The highest BCUT2D eigenvalue weighted by Crippen LogP contribution is 2.29. The lowest BCUT2D eigenvalue weighted by Crippen LogP contribution is -2.44. The number of rotatable bonds is 7. The maximum atomic E-state index is 12.5. The number of anilines is 1. The smallest absolute Gasteiger partial charge is 0.251 e. The van der Waals surface area contributed by atoms with Crippen LogP contribution < -0.4 is 19.7 Å². The van der Waals surface area contributed by atoms with Crippen LogP contribution in [0, 0.1) is 0 Å². The third-order valence-corrected chi connectivity index (χ3v) is 4.88. The molecule has 1 aliphatic rings. The predicted octanol–water partition coefficient (Wildman–Crippen LogP) is 2.56. The molecule has 1 aromatic heterocycles. The molecule has 156 valence electrons. The van der Waals surface area contributed by atoms with E-state index in [1.54, 1.807) is 25.3 Å². The van der Waals surface area contributed by atoms with E-state index < -0.39 is 0 Å². The number of nitrogens with one attached hydrogen (secondary N) is 1. The van der Waals surface area contributed by atoms with Gasteiger partial charge in [-0.1, -0.05) is 6.07 Å². The Labute approximate surface area is 172 Å². The van der Waals surface area contributed by atoms with Crippen molar-refractivity contribution in [2.24, 2.45) is 0 Å². The Morgan fingerprint density at radius 1 is 1.14 bits per heavy atom.